The summed E-state index contributed by atoms with van der Waals surface area (Å²) in [7, 11) is 0. The van der Waals surface area contributed by atoms with E-state index in [1.165, 1.54) is 0 Å². The number of carbonyl (C=O) groups excluding carboxylic acids is 1. The summed E-state index contributed by atoms with van der Waals surface area (Å²) in [6, 6.07) is 14.2. The van der Waals surface area contributed by atoms with E-state index in [9.17, 15) is 4.79 Å². The standard InChI is InChI=1S/C18H19N7O/c1-11-6-5-7-12(2)16(11)24-25-18(26)13-8-3-4-9-14(13)22-23-15(10-19)17(20)21/h3-9,22,24H,1-2H3,(H3,20,21)(H,25,26)/b23-15+. The van der Waals surface area contributed by atoms with Gasteiger partial charge in [0.15, 0.2) is 5.84 Å². The third kappa shape index (κ3) is 4.36. The summed E-state index contributed by atoms with van der Waals surface area (Å²) in [6.45, 7) is 3.88. The Hall–Kier alpha value is -3.86. The van der Waals surface area contributed by atoms with Crippen LogP contribution in [0.2, 0.25) is 0 Å². The molecule has 6 N–H and O–H groups in total. The van der Waals surface area contributed by atoms with E-state index in [1.807, 2.05) is 32.0 Å². The maximum absolute atomic E-state index is 12.5. The number of benzene rings is 2. The first-order valence-corrected chi connectivity index (χ1v) is 7.73. The summed E-state index contributed by atoms with van der Waals surface area (Å²) < 4.78 is 0. The predicted octanol–water partition coefficient (Wildman–Crippen LogP) is 2.29. The quantitative estimate of drug-likeness (QED) is 0.309. The maximum atomic E-state index is 12.5. The molecule has 1 amide bonds. The van der Waals surface area contributed by atoms with Crippen molar-refractivity contribution >= 4 is 28.8 Å². The van der Waals surface area contributed by atoms with E-state index in [0.29, 0.717) is 11.3 Å². The normalized spacial score (nSPS) is 10.6. The van der Waals surface area contributed by atoms with Gasteiger partial charge in [-0.1, -0.05) is 30.3 Å². The first-order chi connectivity index (χ1) is 12.4. The van der Waals surface area contributed by atoms with Crippen molar-refractivity contribution in [2.45, 2.75) is 13.8 Å². The summed E-state index contributed by atoms with van der Waals surface area (Å²) in [5.41, 5.74) is 16.7. The zero-order valence-electron chi connectivity index (χ0n) is 14.4. The molecule has 8 nitrogen and oxygen atoms in total. The summed E-state index contributed by atoms with van der Waals surface area (Å²) >= 11 is 0. The molecule has 0 bridgehead atoms. The molecule has 0 atom stereocenters. The number of nitrogens with one attached hydrogen (secondary N) is 4. The minimum absolute atomic E-state index is 0.270. The number of hydrazone groups is 1. The molecule has 0 spiro atoms. The van der Waals surface area contributed by atoms with E-state index in [1.54, 1.807) is 30.3 Å². The molecular formula is C18H19N7O. The fraction of sp³-hybridized carbons (Fsp3) is 0.111. The highest BCUT2D eigenvalue weighted by atomic mass is 16.2. The monoisotopic (exact) mass is 349 g/mol. The van der Waals surface area contributed by atoms with Crippen LogP contribution >= 0.6 is 0 Å². The number of carbonyl (C=O) groups is 1. The lowest BCUT2D eigenvalue weighted by Crippen LogP contribution is -2.30. The average Bonchev–Trinajstić information content (AvgIpc) is 2.61. The Balaban J connectivity index is 2.17. The fourth-order valence-electron chi connectivity index (χ4n) is 2.24. The van der Waals surface area contributed by atoms with Crippen LogP contribution in [0.1, 0.15) is 21.5 Å². The Kier molecular flexibility index (Phi) is 5.90. The Bertz CT molecular complexity index is 892. The van der Waals surface area contributed by atoms with Gasteiger partial charge in [0.2, 0.25) is 5.71 Å². The van der Waals surface area contributed by atoms with Crippen molar-refractivity contribution in [2.24, 2.45) is 10.8 Å². The molecule has 2 aromatic carbocycles. The SMILES string of the molecule is Cc1cccc(C)c1NNC(=O)c1ccccc1N/N=C(\C#N)C(=N)N. The van der Waals surface area contributed by atoms with E-state index >= 15 is 0 Å². The Morgan fingerprint density at radius 3 is 2.42 bits per heavy atom. The molecule has 0 fully saturated rings. The number of rotatable bonds is 6. The third-order valence-electron chi connectivity index (χ3n) is 3.60. The van der Waals surface area contributed by atoms with Crippen LogP contribution in [0.5, 0.6) is 0 Å². The maximum Gasteiger partial charge on any atom is 0.271 e. The van der Waals surface area contributed by atoms with Gasteiger partial charge in [0, 0.05) is 0 Å². The van der Waals surface area contributed by atoms with Crippen LogP contribution in [0.15, 0.2) is 47.6 Å². The van der Waals surface area contributed by atoms with Crippen molar-refractivity contribution in [3.63, 3.8) is 0 Å². The highest BCUT2D eigenvalue weighted by Crippen LogP contribution is 2.19. The van der Waals surface area contributed by atoms with E-state index < -0.39 is 5.84 Å². The predicted molar refractivity (Wildman–Crippen MR) is 102 cm³/mol. The van der Waals surface area contributed by atoms with Gasteiger partial charge in [-0.25, -0.2) is 0 Å². The van der Waals surface area contributed by atoms with E-state index in [0.717, 1.165) is 16.8 Å². The second-order valence-corrected chi connectivity index (χ2v) is 5.49. The Morgan fingerprint density at radius 1 is 1.15 bits per heavy atom. The lowest BCUT2D eigenvalue weighted by atomic mass is 10.1. The number of hydrogen-bond acceptors (Lipinski definition) is 6. The van der Waals surface area contributed by atoms with Crippen molar-refractivity contribution in [1.82, 2.24) is 5.43 Å². The van der Waals surface area contributed by atoms with Crippen molar-refractivity contribution in [3.05, 3.63) is 59.2 Å². The smallest absolute Gasteiger partial charge is 0.271 e. The number of nitrogens with zero attached hydrogens (tertiary/aromatic N) is 2. The largest absolute Gasteiger partial charge is 0.382 e. The Labute approximate surface area is 151 Å². The van der Waals surface area contributed by atoms with Gasteiger partial charge in [-0.05, 0) is 37.1 Å². The van der Waals surface area contributed by atoms with Crippen LogP contribution < -0.4 is 22.0 Å². The molecule has 2 aromatic rings. The Morgan fingerprint density at radius 2 is 1.81 bits per heavy atom. The van der Waals surface area contributed by atoms with Crippen LogP contribution in [0.25, 0.3) is 0 Å². The van der Waals surface area contributed by atoms with Gasteiger partial charge in [-0.2, -0.15) is 10.4 Å². The zero-order valence-corrected chi connectivity index (χ0v) is 14.4. The zero-order chi connectivity index (χ0) is 19.1. The number of anilines is 2. The fourth-order valence-corrected chi connectivity index (χ4v) is 2.24. The summed E-state index contributed by atoms with van der Waals surface area (Å²) in [6.07, 6.45) is 0. The van der Waals surface area contributed by atoms with Gasteiger partial charge < -0.3 is 5.73 Å². The van der Waals surface area contributed by atoms with Crippen molar-refractivity contribution in [3.8, 4) is 6.07 Å². The lowest BCUT2D eigenvalue weighted by Gasteiger charge is -2.15. The number of amides is 1. The molecule has 0 aliphatic heterocycles. The topological polar surface area (TPSA) is 139 Å². The molecule has 8 heteroatoms. The van der Waals surface area contributed by atoms with Gasteiger partial charge in [0.05, 0.1) is 16.9 Å². The van der Waals surface area contributed by atoms with Gasteiger partial charge in [-0.3, -0.25) is 26.5 Å². The molecule has 0 aliphatic carbocycles. The number of nitriles is 1. The molecule has 0 aliphatic rings. The van der Waals surface area contributed by atoms with Crippen LogP contribution in [0.4, 0.5) is 11.4 Å². The molecule has 2 rings (SSSR count). The van der Waals surface area contributed by atoms with Gasteiger partial charge in [-0.15, -0.1) is 0 Å². The minimum atomic E-state index is -0.460. The summed E-state index contributed by atoms with van der Waals surface area (Å²) in [5.74, 6) is -0.842. The second kappa shape index (κ2) is 8.30. The molecule has 0 aromatic heterocycles. The number of amidine groups is 1. The van der Waals surface area contributed by atoms with E-state index in [-0.39, 0.29) is 11.6 Å². The molecule has 0 saturated heterocycles. The van der Waals surface area contributed by atoms with Crippen LogP contribution in [0, 0.1) is 30.6 Å². The number of aryl methyl sites for hydroxylation is 2. The van der Waals surface area contributed by atoms with Crippen molar-refractivity contribution < 1.29 is 4.79 Å². The summed E-state index contributed by atoms with van der Waals surface area (Å²) in [4.78, 5) is 12.5. The summed E-state index contributed by atoms with van der Waals surface area (Å²) in [5, 5.41) is 19.9. The lowest BCUT2D eigenvalue weighted by molar-refractivity contribution is 0.0963. The number of hydrogen-bond donors (Lipinski definition) is 5. The molecule has 132 valence electrons. The second-order valence-electron chi connectivity index (χ2n) is 5.49. The third-order valence-corrected chi connectivity index (χ3v) is 3.60. The highest BCUT2D eigenvalue weighted by Gasteiger charge is 2.12. The first-order valence-electron chi connectivity index (χ1n) is 7.73. The minimum Gasteiger partial charge on any atom is -0.382 e. The number of para-hydroxylation sites is 2. The number of nitrogens with two attached hydrogens (primary N) is 1. The van der Waals surface area contributed by atoms with Crippen LogP contribution in [0.3, 0.4) is 0 Å². The number of hydrazine groups is 1. The van der Waals surface area contributed by atoms with Crippen molar-refractivity contribution in [2.75, 3.05) is 10.9 Å². The molecular weight excluding hydrogens is 330 g/mol. The van der Waals surface area contributed by atoms with Gasteiger partial charge >= 0.3 is 0 Å². The molecule has 0 unspecified atom stereocenters. The van der Waals surface area contributed by atoms with Gasteiger partial charge in [0.25, 0.3) is 5.91 Å². The van der Waals surface area contributed by atoms with E-state index in [4.69, 9.17) is 16.4 Å². The van der Waals surface area contributed by atoms with Crippen LogP contribution in [-0.4, -0.2) is 17.5 Å². The van der Waals surface area contributed by atoms with Gasteiger partial charge in [0.1, 0.15) is 6.07 Å². The highest BCUT2D eigenvalue weighted by molar-refractivity contribution is 6.45. The average molecular weight is 349 g/mol. The molecule has 26 heavy (non-hydrogen) atoms. The van der Waals surface area contributed by atoms with E-state index in [2.05, 4.69) is 21.4 Å². The molecule has 0 saturated carbocycles. The molecule has 0 heterocycles. The van der Waals surface area contributed by atoms with Crippen molar-refractivity contribution in [1.29, 1.82) is 10.7 Å². The molecule has 0 radical (unpaired) electrons. The van der Waals surface area contributed by atoms with Crippen LogP contribution in [-0.2, 0) is 0 Å². The first kappa shape index (κ1) is 18.5.